The van der Waals surface area contributed by atoms with Gasteiger partial charge in [-0.3, -0.25) is 0 Å². The van der Waals surface area contributed by atoms with E-state index in [2.05, 4.69) is 0 Å². The fourth-order valence-electron chi connectivity index (χ4n) is 2.04. The normalized spacial score (nSPS) is 16.2. The zero-order chi connectivity index (χ0) is 13.2. The number of sulfone groups is 1. The molecule has 0 saturated carbocycles. The topological polar surface area (TPSA) is 77.8 Å². The van der Waals surface area contributed by atoms with Gasteiger partial charge in [-0.2, -0.15) is 0 Å². The van der Waals surface area contributed by atoms with Crippen LogP contribution in [0.1, 0.15) is 5.56 Å². The lowest BCUT2D eigenvalue weighted by atomic mass is 10.1. The molecule has 0 saturated heterocycles. The van der Waals surface area contributed by atoms with Gasteiger partial charge in [0, 0.05) is 18.7 Å². The molecule has 0 amide bonds. The van der Waals surface area contributed by atoms with E-state index in [0.717, 1.165) is 0 Å². The van der Waals surface area contributed by atoms with Crippen molar-refractivity contribution in [3.05, 3.63) is 35.2 Å². The minimum atomic E-state index is -3.40. The summed E-state index contributed by atoms with van der Waals surface area (Å²) < 4.78 is 23.9. The van der Waals surface area contributed by atoms with Gasteiger partial charge in [-0.15, -0.1) is 0 Å². The Balaban J connectivity index is 2.46. The molecule has 0 bridgehead atoms. The third-order valence-electron chi connectivity index (χ3n) is 2.82. The molecule has 1 aliphatic rings. The molecule has 98 valence electrons. The molecule has 1 heterocycles. The molecule has 0 aromatic heterocycles. The zero-order valence-electron chi connectivity index (χ0n) is 9.78. The number of hydrogen-bond donors (Lipinski definition) is 2. The van der Waals surface area contributed by atoms with Crippen molar-refractivity contribution in [2.24, 2.45) is 0 Å². The summed E-state index contributed by atoms with van der Waals surface area (Å²) in [6.07, 6.45) is 0. The Morgan fingerprint density at radius 1 is 1.06 bits per heavy atom. The van der Waals surface area contributed by atoms with Crippen LogP contribution in [0, 0.1) is 0 Å². The average Bonchev–Trinajstić information content (AvgIpc) is 2.62. The highest BCUT2D eigenvalue weighted by Crippen LogP contribution is 2.34. The van der Waals surface area contributed by atoms with Crippen LogP contribution in [-0.4, -0.2) is 49.8 Å². The van der Waals surface area contributed by atoms with Crippen LogP contribution in [0.3, 0.4) is 0 Å². The highest BCUT2D eigenvalue weighted by atomic mass is 32.2. The van der Waals surface area contributed by atoms with Gasteiger partial charge in [-0.05, 0) is 6.07 Å². The van der Waals surface area contributed by atoms with Crippen LogP contribution in [0.15, 0.2) is 34.6 Å². The molecule has 0 spiro atoms. The molecule has 18 heavy (non-hydrogen) atoms. The Morgan fingerprint density at radius 3 is 2.28 bits per heavy atom. The summed E-state index contributed by atoms with van der Waals surface area (Å²) in [5.41, 5.74) is 1.16. The van der Waals surface area contributed by atoms with Crippen molar-refractivity contribution in [1.82, 2.24) is 4.90 Å². The fraction of sp³-hybridized carbons (Fsp3) is 0.333. The lowest BCUT2D eigenvalue weighted by Gasteiger charge is -2.24. The van der Waals surface area contributed by atoms with Crippen molar-refractivity contribution in [3.8, 4) is 0 Å². The van der Waals surface area contributed by atoms with Crippen molar-refractivity contribution in [2.45, 2.75) is 4.90 Å². The van der Waals surface area contributed by atoms with Gasteiger partial charge < -0.3 is 15.1 Å². The van der Waals surface area contributed by atoms with Crippen LogP contribution in [0.2, 0.25) is 0 Å². The fourth-order valence-corrected chi connectivity index (χ4v) is 3.48. The Morgan fingerprint density at radius 2 is 1.67 bits per heavy atom. The number of aliphatic hydroxyl groups excluding tert-OH is 2. The maximum Gasteiger partial charge on any atom is 0.202 e. The zero-order valence-corrected chi connectivity index (χ0v) is 10.6. The van der Waals surface area contributed by atoms with E-state index >= 15 is 0 Å². The maximum atomic E-state index is 11.9. The monoisotopic (exact) mass is 269 g/mol. The number of benzene rings is 1. The van der Waals surface area contributed by atoms with Crippen molar-refractivity contribution >= 4 is 15.5 Å². The summed E-state index contributed by atoms with van der Waals surface area (Å²) in [4.78, 5) is 1.95. The molecule has 1 aromatic rings. The molecular formula is C12H15NO4S. The van der Waals surface area contributed by atoms with Crippen LogP contribution in [0.25, 0.3) is 5.70 Å². The second-order valence-corrected chi connectivity index (χ2v) is 5.74. The predicted octanol–water partition coefficient (Wildman–Crippen LogP) is 0.0589. The summed E-state index contributed by atoms with van der Waals surface area (Å²) in [5.74, 6) is 0. The number of hydrogen-bond acceptors (Lipinski definition) is 5. The van der Waals surface area contributed by atoms with E-state index in [4.69, 9.17) is 10.2 Å². The van der Waals surface area contributed by atoms with Gasteiger partial charge in [0.15, 0.2) is 0 Å². The molecule has 6 heteroatoms. The maximum absolute atomic E-state index is 11.9. The minimum absolute atomic E-state index is 0.0977. The molecule has 1 aromatic carbocycles. The molecule has 0 unspecified atom stereocenters. The molecular weight excluding hydrogens is 254 g/mol. The van der Waals surface area contributed by atoms with Crippen LogP contribution in [0.5, 0.6) is 0 Å². The van der Waals surface area contributed by atoms with Gasteiger partial charge in [0.25, 0.3) is 0 Å². The summed E-state index contributed by atoms with van der Waals surface area (Å²) in [5, 5.41) is 19.2. The lowest BCUT2D eigenvalue weighted by molar-refractivity contribution is 0.206. The summed E-state index contributed by atoms with van der Waals surface area (Å²) in [6, 6.07) is 6.73. The highest BCUT2D eigenvalue weighted by molar-refractivity contribution is 7.94. The standard InChI is InChI=1S/C12H15NO4S/c14-7-5-13(6-8-15)11-9-18(16,17)12-4-2-1-3-10(11)12/h1-4,9,14-15H,5-8H2. The van der Waals surface area contributed by atoms with Crippen molar-refractivity contribution in [2.75, 3.05) is 26.3 Å². The SMILES string of the molecule is O=S1(=O)C=C(N(CCO)CCO)c2ccccc21. The van der Waals surface area contributed by atoms with Crippen LogP contribution in [0.4, 0.5) is 0 Å². The smallest absolute Gasteiger partial charge is 0.202 e. The lowest BCUT2D eigenvalue weighted by Crippen LogP contribution is -2.28. The quantitative estimate of drug-likeness (QED) is 0.790. The number of rotatable bonds is 5. The second kappa shape index (κ2) is 5.09. The Hall–Kier alpha value is -1.37. The number of fused-ring (bicyclic) bond motifs is 1. The Labute approximate surface area is 106 Å². The van der Waals surface area contributed by atoms with Crippen molar-refractivity contribution < 1.29 is 18.6 Å². The van der Waals surface area contributed by atoms with E-state index < -0.39 is 9.84 Å². The van der Waals surface area contributed by atoms with E-state index in [9.17, 15) is 8.42 Å². The van der Waals surface area contributed by atoms with E-state index in [-0.39, 0.29) is 31.2 Å². The van der Waals surface area contributed by atoms with Gasteiger partial charge in [0.2, 0.25) is 9.84 Å². The summed E-state index contributed by atoms with van der Waals surface area (Å²) >= 11 is 0. The third-order valence-corrected chi connectivity index (χ3v) is 4.32. The summed E-state index contributed by atoms with van der Waals surface area (Å²) in [6.45, 7) is 0.381. The molecule has 0 fully saturated rings. The van der Waals surface area contributed by atoms with Gasteiger partial charge >= 0.3 is 0 Å². The van der Waals surface area contributed by atoms with Crippen LogP contribution in [-0.2, 0) is 9.84 Å². The minimum Gasteiger partial charge on any atom is -0.395 e. The first-order valence-corrected chi connectivity index (χ1v) is 7.17. The molecule has 1 aliphatic heterocycles. The Kier molecular flexibility index (Phi) is 3.70. The van der Waals surface area contributed by atoms with Crippen LogP contribution < -0.4 is 0 Å². The molecule has 0 radical (unpaired) electrons. The molecule has 2 rings (SSSR count). The first-order chi connectivity index (χ1) is 8.60. The largest absolute Gasteiger partial charge is 0.395 e. The van der Waals surface area contributed by atoms with Crippen molar-refractivity contribution in [3.63, 3.8) is 0 Å². The van der Waals surface area contributed by atoms with Gasteiger partial charge in [-0.1, -0.05) is 18.2 Å². The second-order valence-electron chi connectivity index (χ2n) is 3.98. The average molecular weight is 269 g/mol. The number of nitrogens with zero attached hydrogens (tertiary/aromatic N) is 1. The van der Waals surface area contributed by atoms with E-state index in [1.807, 2.05) is 0 Å². The number of aliphatic hydroxyl groups is 2. The summed E-state index contributed by atoms with van der Waals surface area (Å²) in [7, 11) is -3.40. The predicted molar refractivity (Wildman–Crippen MR) is 67.3 cm³/mol. The van der Waals surface area contributed by atoms with E-state index in [0.29, 0.717) is 11.3 Å². The first-order valence-electron chi connectivity index (χ1n) is 5.63. The van der Waals surface area contributed by atoms with Gasteiger partial charge in [0.1, 0.15) is 0 Å². The van der Waals surface area contributed by atoms with E-state index in [1.54, 1.807) is 29.2 Å². The first kappa shape index (κ1) is 13.1. The van der Waals surface area contributed by atoms with Crippen LogP contribution >= 0.6 is 0 Å². The molecule has 5 nitrogen and oxygen atoms in total. The molecule has 0 aliphatic carbocycles. The molecule has 0 atom stereocenters. The molecule has 2 N–H and O–H groups in total. The van der Waals surface area contributed by atoms with E-state index in [1.165, 1.54) is 5.41 Å². The van der Waals surface area contributed by atoms with Crippen molar-refractivity contribution in [1.29, 1.82) is 0 Å². The third kappa shape index (κ3) is 2.27. The van der Waals surface area contributed by atoms with Gasteiger partial charge in [0.05, 0.1) is 29.2 Å². The Bertz CT molecular complexity index is 559. The highest BCUT2D eigenvalue weighted by Gasteiger charge is 2.29. The van der Waals surface area contributed by atoms with Gasteiger partial charge in [-0.25, -0.2) is 8.42 Å².